The highest BCUT2D eigenvalue weighted by molar-refractivity contribution is 5.91. The van der Waals surface area contributed by atoms with Crippen molar-refractivity contribution in [3.8, 4) is 0 Å². The molecule has 1 amide bonds. The van der Waals surface area contributed by atoms with E-state index in [0.717, 1.165) is 37.9 Å². The third-order valence-corrected chi connectivity index (χ3v) is 3.37. The Morgan fingerprint density at radius 3 is 2.84 bits per heavy atom. The second kappa shape index (κ2) is 6.10. The number of hydrogen-bond donors (Lipinski definition) is 2. The molecule has 1 saturated heterocycles. The second-order valence-electron chi connectivity index (χ2n) is 4.98. The number of benzene rings is 1. The van der Waals surface area contributed by atoms with E-state index in [1.165, 1.54) is 6.92 Å². The zero-order chi connectivity index (χ0) is 13.8. The number of amides is 1. The van der Waals surface area contributed by atoms with Gasteiger partial charge >= 0.3 is 0 Å². The van der Waals surface area contributed by atoms with E-state index in [4.69, 9.17) is 0 Å². The van der Waals surface area contributed by atoms with Gasteiger partial charge in [-0.1, -0.05) is 6.42 Å². The van der Waals surface area contributed by atoms with E-state index in [1.54, 1.807) is 0 Å². The van der Waals surface area contributed by atoms with Gasteiger partial charge in [-0.2, -0.15) is 0 Å². The summed E-state index contributed by atoms with van der Waals surface area (Å²) in [7, 11) is 0. The standard InChI is InChI=1S/C14H18F2N2O/c1-9-6-12(16)13(8-11(9)15)18-14(19)7-10-4-2-3-5-17-10/h6,8,10,17H,2-5,7H2,1H3,(H,18,19). The van der Waals surface area contributed by atoms with Gasteiger partial charge in [-0.05, 0) is 37.9 Å². The highest BCUT2D eigenvalue weighted by Gasteiger charge is 2.17. The molecule has 19 heavy (non-hydrogen) atoms. The summed E-state index contributed by atoms with van der Waals surface area (Å²) >= 11 is 0. The predicted octanol–water partition coefficient (Wildman–Crippen LogP) is 2.74. The number of aryl methyl sites for hydroxylation is 1. The lowest BCUT2D eigenvalue weighted by molar-refractivity contribution is -0.116. The molecule has 5 heteroatoms. The van der Waals surface area contributed by atoms with Crippen LogP contribution in [0.4, 0.5) is 14.5 Å². The minimum absolute atomic E-state index is 0.0936. The molecule has 0 aromatic heterocycles. The lowest BCUT2D eigenvalue weighted by Gasteiger charge is -2.22. The Kier molecular flexibility index (Phi) is 4.47. The van der Waals surface area contributed by atoms with Crippen molar-refractivity contribution in [2.75, 3.05) is 11.9 Å². The monoisotopic (exact) mass is 268 g/mol. The van der Waals surface area contributed by atoms with Gasteiger partial charge in [-0.3, -0.25) is 4.79 Å². The maximum absolute atomic E-state index is 13.6. The molecule has 0 radical (unpaired) electrons. The first-order valence-electron chi connectivity index (χ1n) is 6.55. The molecular formula is C14H18F2N2O. The molecular weight excluding hydrogens is 250 g/mol. The topological polar surface area (TPSA) is 41.1 Å². The van der Waals surface area contributed by atoms with Gasteiger partial charge in [0, 0.05) is 18.5 Å². The van der Waals surface area contributed by atoms with E-state index in [9.17, 15) is 13.6 Å². The van der Waals surface area contributed by atoms with Gasteiger partial charge < -0.3 is 10.6 Å². The molecule has 0 aliphatic carbocycles. The lowest BCUT2D eigenvalue weighted by atomic mass is 10.0. The van der Waals surface area contributed by atoms with Crippen LogP contribution in [0.15, 0.2) is 12.1 Å². The van der Waals surface area contributed by atoms with Crippen LogP contribution in [0.3, 0.4) is 0 Å². The van der Waals surface area contributed by atoms with Gasteiger partial charge in [-0.25, -0.2) is 8.78 Å². The Morgan fingerprint density at radius 2 is 2.16 bits per heavy atom. The molecule has 0 saturated carbocycles. The third kappa shape index (κ3) is 3.73. The first-order valence-corrected chi connectivity index (χ1v) is 6.55. The van der Waals surface area contributed by atoms with Crippen LogP contribution in [0.1, 0.15) is 31.2 Å². The average molecular weight is 268 g/mol. The largest absolute Gasteiger partial charge is 0.323 e. The van der Waals surface area contributed by atoms with Crippen molar-refractivity contribution in [1.82, 2.24) is 5.32 Å². The molecule has 1 atom stereocenters. The lowest BCUT2D eigenvalue weighted by Crippen LogP contribution is -2.37. The maximum atomic E-state index is 13.6. The smallest absolute Gasteiger partial charge is 0.226 e. The first kappa shape index (κ1) is 13.9. The summed E-state index contributed by atoms with van der Waals surface area (Å²) in [4.78, 5) is 11.8. The molecule has 1 fully saturated rings. The normalized spacial score (nSPS) is 19.2. The third-order valence-electron chi connectivity index (χ3n) is 3.37. The van der Waals surface area contributed by atoms with Crippen LogP contribution in [0.5, 0.6) is 0 Å². The number of nitrogens with one attached hydrogen (secondary N) is 2. The van der Waals surface area contributed by atoms with Gasteiger partial charge in [0.05, 0.1) is 5.69 Å². The Bertz CT molecular complexity index is 471. The molecule has 1 heterocycles. The van der Waals surface area contributed by atoms with Crippen molar-refractivity contribution in [1.29, 1.82) is 0 Å². The Hall–Kier alpha value is -1.49. The molecule has 104 valence electrons. The number of piperidine rings is 1. The van der Waals surface area contributed by atoms with Crippen LogP contribution >= 0.6 is 0 Å². The van der Waals surface area contributed by atoms with Crippen LogP contribution in [0, 0.1) is 18.6 Å². The van der Waals surface area contributed by atoms with Crippen molar-refractivity contribution in [2.45, 2.75) is 38.6 Å². The van der Waals surface area contributed by atoms with Crippen molar-refractivity contribution < 1.29 is 13.6 Å². The molecule has 2 N–H and O–H groups in total. The minimum atomic E-state index is -0.608. The van der Waals surface area contributed by atoms with Crippen LogP contribution in [0.2, 0.25) is 0 Å². The Morgan fingerprint density at radius 1 is 1.37 bits per heavy atom. The van der Waals surface area contributed by atoms with Crippen LogP contribution < -0.4 is 10.6 Å². The van der Waals surface area contributed by atoms with Crippen LogP contribution in [0.25, 0.3) is 0 Å². The Labute approximate surface area is 111 Å². The number of halogens is 2. The zero-order valence-electron chi connectivity index (χ0n) is 10.9. The summed E-state index contributed by atoms with van der Waals surface area (Å²) in [5, 5.41) is 5.67. The van der Waals surface area contributed by atoms with Gasteiger partial charge in [0.15, 0.2) is 0 Å². The van der Waals surface area contributed by atoms with E-state index in [-0.39, 0.29) is 29.6 Å². The molecule has 1 aliphatic heterocycles. The molecule has 1 aliphatic rings. The van der Waals surface area contributed by atoms with Gasteiger partial charge in [0.1, 0.15) is 11.6 Å². The van der Waals surface area contributed by atoms with E-state index >= 15 is 0 Å². The van der Waals surface area contributed by atoms with Crippen molar-refractivity contribution >= 4 is 11.6 Å². The number of carbonyl (C=O) groups is 1. The van der Waals surface area contributed by atoms with Crippen molar-refractivity contribution in [3.05, 3.63) is 29.3 Å². The summed E-state index contributed by atoms with van der Waals surface area (Å²) in [6.45, 7) is 2.39. The second-order valence-corrected chi connectivity index (χ2v) is 4.98. The summed E-state index contributed by atoms with van der Waals surface area (Å²) in [5.74, 6) is -1.42. The van der Waals surface area contributed by atoms with Crippen molar-refractivity contribution in [2.24, 2.45) is 0 Å². The maximum Gasteiger partial charge on any atom is 0.226 e. The zero-order valence-corrected chi connectivity index (χ0v) is 10.9. The fourth-order valence-corrected chi connectivity index (χ4v) is 2.27. The number of rotatable bonds is 3. The molecule has 1 unspecified atom stereocenters. The highest BCUT2D eigenvalue weighted by Crippen LogP contribution is 2.19. The number of carbonyl (C=O) groups excluding carboxylic acids is 1. The quantitative estimate of drug-likeness (QED) is 0.885. The summed E-state index contributed by atoms with van der Waals surface area (Å²) < 4.78 is 26.9. The van der Waals surface area contributed by atoms with E-state index in [2.05, 4.69) is 10.6 Å². The molecule has 2 rings (SSSR count). The predicted molar refractivity (Wildman–Crippen MR) is 70.0 cm³/mol. The van der Waals surface area contributed by atoms with Crippen molar-refractivity contribution in [3.63, 3.8) is 0 Å². The van der Waals surface area contributed by atoms with Gasteiger partial charge in [0.2, 0.25) is 5.91 Å². The fourth-order valence-electron chi connectivity index (χ4n) is 2.27. The van der Waals surface area contributed by atoms with Gasteiger partial charge in [0.25, 0.3) is 0 Å². The summed E-state index contributed by atoms with van der Waals surface area (Å²) in [5.41, 5.74) is 0.133. The molecule has 0 spiro atoms. The van der Waals surface area contributed by atoms with E-state index < -0.39 is 11.6 Å². The van der Waals surface area contributed by atoms with E-state index in [0.29, 0.717) is 0 Å². The minimum Gasteiger partial charge on any atom is -0.323 e. The average Bonchev–Trinajstić information content (AvgIpc) is 2.37. The van der Waals surface area contributed by atoms with E-state index in [1.807, 2.05) is 0 Å². The SMILES string of the molecule is Cc1cc(F)c(NC(=O)CC2CCCCN2)cc1F. The molecule has 1 aromatic rings. The summed E-state index contributed by atoms with van der Waals surface area (Å²) in [6, 6.07) is 2.24. The molecule has 1 aromatic carbocycles. The number of hydrogen-bond acceptors (Lipinski definition) is 2. The van der Waals surface area contributed by atoms with Gasteiger partial charge in [-0.15, -0.1) is 0 Å². The number of anilines is 1. The Balaban J connectivity index is 1.96. The first-order chi connectivity index (χ1) is 9.06. The highest BCUT2D eigenvalue weighted by atomic mass is 19.1. The summed E-state index contributed by atoms with van der Waals surface area (Å²) in [6.07, 6.45) is 3.45. The molecule has 0 bridgehead atoms. The fraction of sp³-hybridized carbons (Fsp3) is 0.500. The van der Waals surface area contributed by atoms with Crippen LogP contribution in [-0.4, -0.2) is 18.5 Å². The van der Waals surface area contributed by atoms with Crippen LogP contribution in [-0.2, 0) is 4.79 Å². The molecule has 3 nitrogen and oxygen atoms in total.